The standard InChI is InChI=1S/C12H9F3N4O2S/c13-12(14,15)7-2-1-3-8(4-7)17-9(20)6-22-10-5-16-19-11(21)18-10/h1-5H,6H2,(H,17,20)(H,18,19,21). The van der Waals surface area contributed by atoms with E-state index in [9.17, 15) is 22.8 Å². The topological polar surface area (TPSA) is 87.7 Å². The Labute approximate surface area is 126 Å². The number of hydrogen-bond acceptors (Lipinski definition) is 5. The van der Waals surface area contributed by atoms with Gasteiger partial charge in [0.25, 0.3) is 0 Å². The molecule has 0 atom stereocenters. The Bertz CT molecular complexity index is 733. The first-order chi connectivity index (χ1) is 10.3. The predicted molar refractivity (Wildman–Crippen MR) is 73.5 cm³/mol. The summed E-state index contributed by atoms with van der Waals surface area (Å²) in [6.45, 7) is 0. The van der Waals surface area contributed by atoms with Crippen molar-refractivity contribution >= 4 is 23.4 Å². The van der Waals surface area contributed by atoms with Gasteiger partial charge in [0.15, 0.2) is 0 Å². The van der Waals surface area contributed by atoms with Gasteiger partial charge in [-0.05, 0) is 18.2 Å². The van der Waals surface area contributed by atoms with Crippen molar-refractivity contribution in [3.05, 3.63) is 46.5 Å². The normalized spacial score (nSPS) is 11.2. The zero-order valence-corrected chi connectivity index (χ0v) is 11.7. The van der Waals surface area contributed by atoms with Crippen LogP contribution in [0.15, 0.2) is 40.3 Å². The number of alkyl halides is 3. The van der Waals surface area contributed by atoms with Gasteiger partial charge >= 0.3 is 11.9 Å². The summed E-state index contributed by atoms with van der Waals surface area (Å²) in [5.74, 6) is -0.639. The SMILES string of the molecule is O=C(CSc1cn[nH]c(=O)n1)Nc1cccc(C(F)(F)F)c1. The molecule has 1 aromatic carbocycles. The Balaban J connectivity index is 1.96. The molecular weight excluding hydrogens is 321 g/mol. The molecule has 2 rings (SSSR count). The summed E-state index contributed by atoms with van der Waals surface area (Å²) in [6.07, 6.45) is -3.21. The number of thioether (sulfide) groups is 1. The van der Waals surface area contributed by atoms with Crippen LogP contribution in [0, 0.1) is 0 Å². The van der Waals surface area contributed by atoms with Gasteiger partial charge in [0.2, 0.25) is 5.91 Å². The molecule has 1 amide bonds. The van der Waals surface area contributed by atoms with Crippen LogP contribution in [0.1, 0.15) is 5.56 Å². The summed E-state index contributed by atoms with van der Waals surface area (Å²) in [6, 6.07) is 4.31. The molecule has 0 saturated carbocycles. The van der Waals surface area contributed by atoms with Gasteiger partial charge < -0.3 is 5.32 Å². The van der Waals surface area contributed by atoms with Crippen molar-refractivity contribution in [3.8, 4) is 0 Å². The third kappa shape index (κ3) is 4.58. The lowest BCUT2D eigenvalue weighted by atomic mass is 10.2. The van der Waals surface area contributed by atoms with Gasteiger partial charge in [0.05, 0.1) is 17.5 Å². The highest BCUT2D eigenvalue weighted by Crippen LogP contribution is 2.30. The number of nitrogens with one attached hydrogen (secondary N) is 2. The van der Waals surface area contributed by atoms with E-state index < -0.39 is 23.3 Å². The van der Waals surface area contributed by atoms with Crippen LogP contribution >= 0.6 is 11.8 Å². The van der Waals surface area contributed by atoms with E-state index >= 15 is 0 Å². The monoisotopic (exact) mass is 330 g/mol. The molecule has 0 aliphatic heterocycles. The number of amides is 1. The number of carbonyl (C=O) groups excluding carboxylic acids is 1. The molecule has 2 N–H and O–H groups in total. The molecule has 2 aromatic rings. The van der Waals surface area contributed by atoms with Crippen LogP contribution in [0.4, 0.5) is 18.9 Å². The van der Waals surface area contributed by atoms with Crippen LogP contribution in [0.2, 0.25) is 0 Å². The minimum absolute atomic E-state index is 0.0393. The molecule has 0 fully saturated rings. The van der Waals surface area contributed by atoms with E-state index in [2.05, 4.69) is 20.5 Å². The smallest absolute Gasteiger partial charge is 0.325 e. The van der Waals surface area contributed by atoms with Gasteiger partial charge in [-0.25, -0.2) is 9.89 Å². The fourth-order valence-electron chi connectivity index (χ4n) is 1.48. The lowest BCUT2D eigenvalue weighted by Crippen LogP contribution is -2.16. The summed E-state index contributed by atoms with van der Waals surface area (Å²) < 4.78 is 37.6. The van der Waals surface area contributed by atoms with Gasteiger partial charge in [0.1, 0.15) is 5.03 Å². The Morgan fingerprint density at radius 2 is 2.14 bits per heavy atom. The molecular formula is C12H9F3N4O2S. The van der Waals surface area contributed by atoms with Gasteiger partial charge in [-0.3, -0.25) is 4.79 Å². The molecule has 0 aliphatic rings. The predicted octanol–water partition coefficient (Wildman–Crippen LogP) is 1.91. The first kappa shape index (κ1) is 16.0. The molecule has 0 saturated heterocycles. The number of hydrogen-bond donors (Lipinski definition) is 2. The van der Waals surface area contributed by atoms with Crippen molar-refractivity contribution in [1.82, 2.24) is 15.2 Å². The Kier molecular flexibility index (Phi) is 4.81. The van der Waals surface area contributed by atoms with Crippen molar-refractivity contribution in [2.24, 2.45) is 0 Å². The molecule has 10 heteroatoms. The number of rotatable bonds is 4. The molecule has 0 unspecified atom stereocenters. The molecule has 22 heavy (non-hydrogen) atoms. The second-order valence-electron chi connectivity index (χ2n) is 4.04. The molecule has 1 aromatic heterocycles. The van der Waals surface area contributed by atoms with E-state index in [1.807, 2.05) is 0 Å². The first-order valence-corrected chi connectivity index (χ1v) is 6.85. The van der Waals surface area contributed by atoms with E-state index in [0.29, 0.717) is 0 Å². The molecule has 0 radical (unpaired) electrons. The van der Waals surface area contributed by atoms with E-state index in [1.165, 1.54) is 18.3 Å². The summed E-state index contributed by atoms with van der Waals surface area (Å²) in [5.41, 5.74) is -1.46. The molecule has 6 nitrogen and oxygen atoms in total. The van der Waals surface area contributed by atoms with Crippen molar-refractivity contribution in [3.63, 3.8) is 0 Å². The minimum Gasteiger partial charge on any atom is -0.325 e. The number of aromatic nitrogens is 3. The molecule has 0 bridgehead atoms. The van der Waals surface area contributed by atoms with E-state index in [4.69, 9.17) is 0 Å². The number of H-pyrrole nitrogens is 1. The second kappa shape index (κ2) is 6.60. The number of anilines is 1. The number of carbonyl (C=O) groups is 1. The highest BCUT2D eigenvalue weighted by Gasteiger charge is 2.30. The second-order valence-corrected chi connectivity index (χ2v) is 5.04. The Morgan fingerprint density at radius 1 is 1.36 bits per heavy atom. The fourth-order valence-corrected chi connectivity index (χ4v) is 2.10. The van der Waals surface area contributed by atoms with Gasteiger partial charge in [-0.2, -0.15) is 23.3 Å². The quantitative estimate of drug-likeness (QED) is 0.836. The van der Waals surface area contributed by atoms with Crippen LogP contribution in [-0.4, -0.2) is 26.8 Å². The summed E-state index contributed by atoms with van der Waals surface area (Å²) >= 11 is 0.944. The minimum atomic E-state index is -4.48. The lowest BCUT2D eigenvalue weighted by molar-refractivity contribution is -0.137. The van der Waals surface area contributed by atoms with Crippen LogP contribution in [0.3, 0.4) is 0 Å². The Morgan fingerprint density at radius 3 is 2.82 bits per heavy atom. The molecule has 0 spiro atoms. The maximum Gasteiger partial charge on any atom is 0.416 e. The van der Waals surface area contributed by atoms with E-state index in [0.717, 1.165) is 23.9 Å². The lowest BCUT2D eigenvalue weighted by Gasteiger charge is -2.09. The van der Waals surface area contributed by atoms with Crippen LogP contribution in [-0.2, 0) is 11.0 Å². The van der Waals surface area contributed by atoms with Crippen molar-refractivity contribution in [2.75, 3.05) is 11.1 Å². The average Bonchev–Trinajstić information content (AvgIpc) is 2.45. The zero-order chi connectivity index (χ0) is 16.2. The largest absolute Gasteiger partial charge is 0.416 e. The maximum absolute atomic E-state index is 12.5. The first-order valence-electron chi connectivity index (χ1n) is 5.86. The Hall–Kier alpha value is -2.36. The van der Waals surface area contributed by atoms with Gasteiger partial charge in [0, 0.05) is 5.69 Å². The number of halogens is 3. The molecule has 1 heterocycles. The fraction of sp³-hybridized carbons (Fsp3) is 0.167. The number of aromatic amines is 1. The summed E-state index contributed by atoms with van der Waals surface area (Å²) in [7, 11) is 0. The third-order valence-electron chi connectivity index (χ3n) is 2.37. The molecule has 0 aliphatic carbocycles. The van der Waals surface area contributed by atoms with Crippen LogP contribution in [0.25, 0.3) is 0 Å². The number of nitrogens with zero attached hydrogens (tertiary/aromatic N) is 2. The summed E-state index contributed by atoms with van der Waals surface area (Å²) in [5, 5.41) is 8.17. The maximum atomic E-state index is 12.5. The highest BCUT2D eigenvalue weighted by molar-refractivity contribution is 7.99. The third-order valence-corrected chi connectivity index (χ3v) is 3.27. The van der Waals surface area contributed by atoms with Crippen molar-refractivity contribution < 1.29 is 18.0 Å². The van der Waals surface area contributed by atoms with Crippen LogP contribution < -0.4 is 11.0 Å². The van der Waals surface area contributed by atoms with Crippen molar-refractivity contribution in [1.29, 1.82) is 0 Å². The van der Waals surface area contributed by atoms with Gasteiger partial charge in [-0.1, -0.05) is 17.8 Å². The molecule has 116 valence electrons. The highest BCUT2D eigenvalue weighted by atomic mass is 32.2. The van der Waals surface area contributed by atoms with Crippen molar-refractivity contribution in [2.45, 2.75) is 11.2 Å². The van der Waals surface area contributed by atoms with E-state index in [1.54, 1.807) is 0 Å². The summed E-state index contributed by atoms with van der Waals surface area (Å²) in [4.78, 5) is 26.2. The van der Waals surface area contributed by atoms with E-state index in [-0.39, 0.29) is 16.5 Å². The van der Waals surface area contributed by atoms with Crippen LogP contribution in [0.5, 0.6) is 0 Å². The van der Waals surface area contributed by atoms with Gasteiger partial charge in [-0.15, -0.1) is 0 Å². The average molecular weight is 330 g/mol. The zero-order valence-electron chi connectivity index (χ0n) is 10.8. The number of benzene rings is 1.